The van der Waals surface area contributed by atoms with Crippen molar-refractivity contribution < 1.29 is 19.4 Å². The fourth-order valence-corrected chi connectivity index (χ4v) is 3.57. The van der Waals surface area contributed by atoms with Crippen LogP contribution in [0.2, 0.25) is 0 Å². The van der Waals surface area contributed by atoms with Gasteiger partial charge in [0.2, 0.25) is 11.7 Å². The van der Waals surface area contributed by atoms with Gasteiger partial charge >= 0.3 is 5.97 Å². The second-order valence-electron chi connectivity index (χ2n) is 6.54. The number of hydrogen-bond donors (Lipinski definition) is 2. The Morgan fingerprint density at radius 3 is 2.75 bits per heavy atom. The molecule has 0 bridgehead atoms. The Morgan fingerprint density at radius 2 is 2.11 bits per heavy atom. The Balaban J connectivity index is 1.88. The highest BCUT2D eigenvalue weighted by Crippen LogP contribution is 2.20. The first-order valence-electron chi connectivity index (χ1n) is 8.55. The number of rotatable bonds is 6. The van der Waals surface area contributed by atoms with Crippen LogP contribution in [0.1, 0.15) is 41.6 Å². The normalized spacial score (nSPS) is 12.1. The topological polar surface area (TPSA) is 105 Å². The Labute approximate surface area is 163 Å². The van der Waals surface area contributed by atoms with Gasteiger partial charge in [-0.2, -0.15) is 9.37 Å². The Hall–Kier alpha value is -3.07. The fourth-order valence-electron chi connectivity index (χ4n) is 2.61. The summed E-state index contributed by atoms with van der Waals surface area (Å²) in [4.78, 5) is 31.5. The van der Waals surface area contributed by atoms with E-state index in [-0.39, 0.29) is 5.65 Å². The monoisotopic (exact) mass is 403 g/mol. The lowest BCUT2D eigenvalue weighted by atomic mass is 10.1. The molecule has 3 heterocycles. The van der Waals surface area contributed by atoms with Gasteiger partial charge in [-0.3, -0.25) is 9.20 Å². The predicted octanol–water partition coefficient (Wildman–Crippen LogP) is 3.16. The summed E-state index contributed by atoms with van der Waals surface area (Å²) in [6.45, 7) is 4.17. The number of pyridine rings is 1. The third-order valence-electron chi connectivity index (χ3n) is 4.17. The molecule has 0 amide bonds. The molecule has 0 saturated carbocycles. The van der Waals surface area contributed by atoms with E-state index >= 15 is 0 Å². The van der Waals surface area contributed by atoms with Gasteiger partial charge < -0.3 is 10.2 Å². The first-order chi connectivity index (χ1) is 13.3. The van der Waals surface area contributed by atoms with E-state index in [2.05, 4.69) is 23.8 Å². The molecule has 0 radical (unpaired) electrons. The first-order valence-corrected chi connectivity index (χ1v) is 9.43. The number of carboxylic acid groups (broad SMARTS) is 1. The van der Waals surface area contributed by atoms with Crippen LogP contribution in [-0.4, -0.2) is 30.6 Å². The summed E-state index contributed by atoms with van der Waals surface area (Å²) in [5.74, 6) is -3.74. The molecule has 0 aliphatic rings. The molecular weight excluding hydrogens is 385 g/mol. The molecule has 0 aromatic carbocycles. The van der Waals surface area contributed by atoms with Gasteiger partial charge in [0.25, 0.3) is 5.56 Å². The molecule has 3 rings (SSSR count). The van der Waals surface area contributed by atoms with Gasteiger partial charge in [0.1, 0.15) is 11.2 Å². The summed E-state index contributed by atoms with van der Waals surface area (Å²) in [5, 5.41) is 21.6. The standard InChI is InChI=1S/C19H18FN3O4S/c1-10(2)14-9-28-16(21-14)4-3-11-5-6-23-15(7-11)22-17(24)12(18(23)25)8-13(20)19(26)27/h5-10,24H,3-4H2,1-2H3,(H,26,27)/b13-8-. The number of aliphatic carboxylic acids is 1. The van der Waals surface area contributed by atoms with E-state index in [0.717, 1.165) is 27.1 Å². The van der Waals surface area contributed by atoms with Crippen LogP contribution in [-0.2, 0) is 17.6 Å². The van der Waals surface area contributed by atoms with Gasteiger partial charge in [0.15, 0.2) is 0 Å². The molecule has 7 nitrogen and oxygen atoms in total. The van der Waals surface area contributed by atoms with E-state index in [1.165, 1.54) is 6.20 Å². The molecular formula is C19H18FN3O4S. The first kappa shape index (κ1) is 19.7. The van der Waals surface area contributed by atoms with E-state index in [9.17, 15) is 19.1 Å². The van der Waals surface area contributed by atoms with Crippen molar-refractivity contribution in [1.82, 2.24) is 14.4 Å². The van der Waals surface area contributed by atoms with Crippen molar-refractivity contribution >= 4 is 29.0 Å². The number of hydrogen-bond acceptors (Lipinski definition) is 6. The third-order valence-corrected chi connectivity index (χ3v) is 5.10. The van der Waals surface area contributed by atoms with Crippen LogP contribution in [0.4, 0.5) is 4.39 Å². The predicted molar refractivity (Wildman–Crippen MR) is 103 cm³/mol. The minimum Gasteiger partial charge on any atom is -0.493 e. The molecule has 9 heteroatoms. The number of carbonyl (C=O) groups is 1. The Bertz CT molecular complexity index is 1130. The summed E-state index contributed by atoms with van der Waals surface area (Å²) < 4.78 is 14.4. The molecule has 3 aromatic heterocycles. The van der Waals surface area contributed by atoms with Crippen LogP contribution in [0.25, 0.3) is 11.7 Å². The SMILES string of the molecule is CC(C)c1csc(CCc2ccn3c(=O)c(/C=C(\F)C(=O)O)c(O)nc3c2)n1. The number of thiazole rings is 1. The van der Waals surface area contributed by atoms with Crippen LogP contribution in [0.3, 0.4) is 0 Å². The molecule has 3 aromatic rings. The zero-order chi connectivity index (χ0) is 20.4. The minimum absolute atomic E-state index is 0.190. The Morgan fingerprint density at radius 1 is 1.36 bits per heavy atom. The molecule has 0 atom stereocenters. The van der Waals surface area contributed by atoms with Crippen molar-refractivity contribution in [3.8, 4) is 5.88 Å². The average Bonchev–Trinajstić information content (AvgIpc) is 3.12. The van der Waals surface area contributed by atoms with Gasteiger partial charge in [-0.15, -0.1) is 11.3 Å². The second-order valence-corrected chi connectivity index (χ2v) is 7.48. The van der Waals surface area contributed by atoms with Gasteiger partial charge in [-0.05, 0) is 36.1 Å². The number of aromatic hydroxyl groups is 1. The summed E-state index contributed by atoms with van der Waals surface area (Å²) in [6.07, 6.45) is 3.33. The average molecular weight is 403 g/mol. The number of halogens is 1. The maximum atomic E-state index is 13.3. The molecule has 0 spiro atoms. The van der Waals surface area contributed by atoms with E-state index in [4.69, 9.17) is 5.11 Å². The number of nitrogens with zero attached hydrogens (tertiary/aromatic N) is 3. The maximum absolute atomic E-state index is 13.3. The van der Waals surface area contributed by atoms with Gasteiger partial charge in [-0.1, -0.05) is 13.8 Å². The maximum Gasteiger partial charge on any atom is 0.364 e. The molecule has 2 N–H and O–H groups in total. The minimum atomic E-state index is -1.83. The summed E-state index contributed by atoms with van der Waals surface area (Å²) >= 11 is 1.60. The van der Waals surface area contributed by atoms with Crippen LogP contribution in [0.15, 0.2) is 34.3 Å². The Kier molecular flexibility index (Phi) is 5.55. The molecule has 0 unspecified atom stereocenters. The van der Waals surface area contributed by atoms with E-state index in [1.54, 1.807) is 23.5 Å². The highest BCUT2D eigenvalue weighted by molar-refractivity contribution is 7.09. The summed E-state index contributed by atoms with van der Waals surface area (Å²) in [5.41, 5.74) is 0.870. The third kappa shape index (κ3) is 4.09. The van der Waals surface area contributed by atoms with Crippen molar-refractivity contribution in [3.63, 3.8) is 0 Å². The van der Waals surface area contributed by atoms with E-state index < -0.39 is 28.8 Å². The van der Waals surface area contributed by atoms with E-state index in [0.29, 0.717) is 18.4 Å². The van der Waals surface area contributed by atoms with Crippen molar-refractivity contribution in [2.75, 3.05) is 0 Å². The van der Waals surface area contributed by atoms with Crippen LogP contribution in [0.5, 0.6) is 5.88 Å². The van der Waals surface area contributed by atoms with Crippen LogP contribution >= 0.6 is 11.3 Å². The fraction of sp³-hybridized carbons (Fsp3) is 0.263. The summed E-state index contributed by atoms with van der Waals surface area (Å²) in [7, 11) is 0. The molecule has 0 aliphatic heterocycles. The van der Waals surface area contributed by atoms with Gasteiger partial charge in [0.05, 0.1) is 10.7 Å². The molecule has 0 saturated heterocycles. The van der Waals surface area contributed by atoms with Crippen molar-refractivity contribution in [3.05, 3.63) is 61.7 Å². The summed E-state index contributed by atoms with van der Waals surface area (Å²) in [6, 6.07) is 3.38. The lowest BCUT2D eigenvalue weighted by molar-refractivity contribution is -0.134. The molecule has 146 valence electrons. The molecule has 0 fully saturated rings. The molecule has 0 aliphatic carbocycles. The lowest BCUT2D eigenvalue weighted by Crippen LogP contribution is -2.18. The van der Waals surface area contributed by atoms with Crippen molar-refractivity contribution in [2.45, 2.75) is 32.6 Å². The van der Waals surface area contributed by atoms with Gasteiger partial charge in [-0.25, -0.2) is 9.78 Å². The van der Waals surface area contributed by atoms with E-state index in [1.807, 2.05) is 5.38 Å². The van der Waals surface area contributed by atoms with Crippen LogP contribution in [0, 0.1) is 0 Å². The largest absolute Gasteiger partial charge is 0.493 e. The number of aryl methyl sites for hydroxylation is 2. The smallest absolute Gasteiger partial charge is 0.364 e. The van der Waals surface area contributed by atoms with Gasteiger partial charge in [0, 0.05) is 18.0 Å². The molecule has 28 heavy (non-hydrogen) atoms. The second kappa shape index (κ2) is 7.89. The number of fused-ring (bicyclic) bond motifs is 1. The number of carboxylic acids is 1. The zero-order valence-corrected chi connectivity index (χ0v) is 16.0. The highest BCUT2D eigenvalue weighted by atomic mass is 32.1. The van der Waals surface area contributed by atoms with Crippen LogP contribution < -0.4 is 5.56 Å². The highest BCUT2D eigenvalue weighted by Gasteiger charge is 2.15. The zero-order valence-electron chi connectivity index (χ0n) is 15.2. The van der Waals surface area contributed by atoms with Crippen molar-refractivity contribution in [1.29, 1.82) is 0 Å². The van der Waals surface area contributed by atoms with Crippen molar-refractivity contribution in [2.24, 2.45) is 0 Å². The quantitative estimate of drug-likeness (QED) is 0.613. The number of aromatic nitrogens is 3. The lowest BCUT2D eigenvalue weighted by Gasteiger charge is -2.06.